The number of anilines is 1. The molecule has 0 unspecified atom stereocenters. The molecule has 0 saturated carbocycles. The van der Waals surface area contributed by atoms with E-state index in [4.69, 9.17) is 4.74 Å². The normalized spacial score (nSPS) is 11.6. The van der Waals surface area contributed by atoms with Gasteiger partial charge in [-0.2, -0.15) is 4.98 Å². The zero-order valence-corrected chi connectivity index (χ0v) is 11.9. The van der Waals surface area contributed by atoms with Gasteiger partial charge in [0.1, 0.15) is 6.04 Å². The van der Waals surface area contributed by atoms with E-state index < -0.39 is 23.6 Å². The number of hydrogen-bond acceptors (Lipinski definition) is 5. The van der Waals surface area contributed by atoms with Gasteiger partial charge in [-0.1, -0.05) is 6.07 Å². The molecule has 0 spiro atoms. The molecule has 2 rings (SSSR count). The highest BCUT2D eigenvalue weighted by molar-refractivity contribution is 5.85. The molecular weight excluding hydrogens is 294 g/mol. The summed E-state index contributed by atoms with van der Waals surface area (Å²) in [5, 5.41) is 5.21. The van der Waals surface area contributed by atoms with Crippen molar-refractivity contribution in [1.29, 1.82) is 0 Å². The molecule has 0 aliphatic rings. The number of amides is 1. The maximum atomic E-state index is 13.4. The SMILES string of the molecule is CNC(=O)[C@H](Nc1nccc(OC)n1)c1ccc(F)c(F)c1. The minimum absolute atomic E-state index is 0.123. The van der Waals surface area contributed by atoms with Crippen molar-refractivity contribution in [2.45, 2.75) is 6.04 Å². The summed E-state index contributed by atoms with van der Waals surface area (Å²) in [5.41, 5.74) is 0.240. The molecule has 1 amide bonds. The van der Waals surface area contributed by atoms with E-state index in [1.165, 1.54) is 32.5 Å². The van der Waals surface area contributed by atoms with Gasteiger partial charge in [-0.3, -0.25) is 4.79 Å². The summed E-state index contributed by atoms with van der Waals surface area (Å²) in [6, 6.07) is 3.77. The van der Waals surface area contributed by atoms with Crippen LogP contribution in [-0.4, -0.2) is 30.0 Å². The van der Waals surface area contributed by atoms with Crippen LogP contribution in [0.5, 0.6) is 5.88 Å². The van der Waals surface area contributed by atoms with Crippen LogP contribution < -0.4 is 15.4 Å². The van der Waals surface area contributed by atoms with Crippen LogP contribution in [-0.2, 0) is 4.79 Å². The minimum Gasteiger partial charge on any atom is -0.481 e. The molecule has 0 radical (unpaired) electrons. The third-order valence-corrected chi connectivity index (χ3v) is 2.90. The van der Waals surface area contributed by atoms with Gasteiger partial charge in [0.25, 0.3) is 0 Å². The van der Waals surface area contributed by atoms with Gasteiger partial charge < -0.3 is 15.4 Å². The van der Waals surface area contributed by atoms with Gasteiger partial charge in [-0.15, -0.1) is 0 Å². The van der Waals surface area contributed by atoms with Crippen LogP contribution in [0.15, 0.2) is 30.5 Å². The monoisotopic (exact) mass is 308 g/mol. The number of halogens is 2. The fourth-order valence-electron chi connectivity index (χ4n) is 1.79. The van der Waals surface area contributed by atoms with Gasteiger partial charge >= 0.3 is 0 Å². The Bertz CT molecular complexity index is 682. The number of carbonyl (C=O) groups is 1. The summed E-state index contributed by atoms with van der Waals surface area (Å²) < 4.78 is 31.4. The molecule has 22 heavy (non-hydrogen) atoms. The van der Waals surface area contributed by atoms with E-state index in [-0.39, 0.29) is 11.5 Å². The number of ether oxygens (including phenoxy) is 1. The van der Waals surface area contributed by atoms with Crippen molar-refractivity contribution in [2.24, 2.45) is 0 Å². The van der Waals surface area contributed by atoms with Crippen LogP contribution in [0.4, 0.5) is 14.7 Å². The number of carbonyl (C=O) groups excluding carboxylic acids is 1. The molecule has 1 aromatic heterocycles. The van der Waals surface area contributed by atoms with Gasteiger partial charge in [0.05, 0.1) is 7.11 Å². The summed E-state index contributed by atoms with van der Waals surface area (Å²) in [7, 11) is 2.88. The maximum absolute atomic E-state index is 13.4. The number of hydrogen-bond donors (Lipinski definition) is 2. The fourth-order valence-corrected chi connectivity index (χ4v) is 1.79. The zero-order valence-electron chi connectivity index (χ0n) is 11.9. The minimum atomic E-state index is -1.04. The lowest BCUT2D eigenvalue weighted by molar-refractivity contribution is -0.121. The molecule has 0 bridgehead atoms. The van der Waals surface area contributed by atoms with Gasteiger partial charge in [-0.05, 0) is 17.7 Å². The fraction of sp³-hybridized carbons (Fsp3) is 0.214. The van der Waals surface area contributed by atoms with Crippen molar-refractivity contribution in [1.82, 2.24) is 15.3 Å². The van der Waals surface area contributed by atoms with Crippen LogP contribution in [0.2, 0.25) is 0 Å². The standard InChI is InChI=1S/C14H14F2N4O2/c1-17-13(21)12(8-3-4-9(15)10(16)7-8)20-14-18-6-5-11(19-14)22-2/h3-7,12H,1-2H3,(H,17,21)(H,18,19,20)/t12-/m1/s1. The lowest BCUT2D eigenvalue weighted by Gasteiger charge is -2.18. The molecule has 8 heteroatoms. The molecule has 1 atom stereocenters. The second kappa shape index (κ2) is 6.79. The number of benzene rings is 1. The number of likely N-dealkylation sites (N-methyl/N-ethyl adjacent to an activating group) is 1. The Labute approximate surface area is 125 Å². The topological polar surface area (TPSA) is 76.1 Å². The van der Waals surface area contributed by atoms with E-state index >= 15 is 0 Å². The van der Waals surface area contributed by atoms with Crippen LogP contribution in [0, 0.1) is 11.6 Å². The number of rotatable bonds is 5. The average molecular weight is 308 g/mol. The van der Waals surface area contributed by atoms with E-state index in [2.05, 4.69) is 20.6 Å². The van der Waals surface area contributed by atoms with Crippen LogP contribution in [0.25, 0.3) is 0 Å². The van der Waals surface area contributed by atoms with E-state index in [1.807, 2.05) is 0 Å². The van der Waals surface area contributed by atoms with Gasteiger partial charge in [0.2, 0.25) is 17.7 Å². The number of nitrogens with zero attached hydrogens (tertiary/aromatic N) is 2. The summed E-state index contributed by atoms with van der Waals surface area (Å²) in [6.07, 6.45) is 1.44. The lowest BCUT2D eigenvalue weighted by atomic mass is 10.1. The van der Waals surface area contributed by atoms with Crippen molar-refractivity contribution in [2.75, 3.05) is 19.5 Å². The highest BCUT2D eigenvalue weighted by Crippen LogP contribution is 2.21. The van der Waals surface area contributed by atoms with Crippen molar-refractivity contribution in [3.63, 3.8) is 0 Å². The number of nitrogens with one attached hydrogen (secondary N) is 2. The molecule has 0 saturated heterocycles. The van der Waals surface area contributed by atoms with Crippen molar-refractivity contribution in [3.05, 3.63) is 47.7 Å². The Morgan fingerprint density at radius 1 is 1.27 bits per heavy atom. The first kappa shape index (κ1) is 15.6. The van der Waals surface area contributed by atoms with Crippen molar-refractivity contribution in [3.8, 4) is 5.88 Å². The first-order chi connectivity index (χ1) is 10.5. The van der Waals surface area contributed by atoms with Crippen molar-refractivity contribution >= 4 is 11.9 Å². The van der Waals surface area contributed by atoms with Gasteiger partial charge in [-0.25, -0.2) is 13.8 Å². The molecule has 0 aliphatic carbocycles. The third-order valence-electron chi connectivity index (χ3n) is 2.90. The molecule has 0 aliphatic heterocycles. The van der Waals surface area contributed by atoms with Crippen molar-refractivity contribution < 1.29 is 18.3 Å². The Morgan fingerprint density at radius 2 is 2.05 bits per heavy atom. The molecule has 1 aromatic carbocycles. The highest BCUT2D eigenvalue weighted by atomic mass is 19.2. The first-order valence-electron chi connectivity index (χ1n) is 6.35. The van der Waals surface area contributed by atoms with E-state index in [0.717, 1.165) is 12.1 Å². The van der Waals surface area contributed by atoms with E-state index in [0.29, 0.717) is 5.88 Å². The molecule has 0 fully saturated rings. The molecule has 116 valence electrons. The third kappa shape index (κ3) is 3.46. The van der Waals surface area contributed by atoms with E-state index in [1.54, 1.807) is 0 Å². The summed E-state index contributed by atoms with van der Waals surface area (Å²) in [4.78, 5) is 20.0. The molecular formula is C14H14F2N4O2. The quantitative estimate of drug-likeness (QED) is 0.878. The second-order valence-corrected chi connectivity index (χ2v) is 4.29. The summed E-state index contributed by atoms with van der Waals surface area (Å²) in [6.45, 7) is 0. The van der Waals surface area contributed by atoms with Crippen LogP contribution in [0.3, 0.4) is 0 Å². The Kier molecular flexibility index (Phi) is 4.82. The molecule has 1 heterocycles. The smallest absolute Gasteiger partial charge is 0.246 e. The first-order valence-corrected chi connectivity index (χ1v) is 6.35. The Hall–Kier alpha value is -2.77. The van der Waals surface area contributed by atoms with Crippen LogP contribution >= 0.6 is 0 Å². The molecule has 6 nitrogen and oxygen atoms in total. The number of aromatic nitrogens is 2. The Balaban J connectivity index is 2.33. The van der Waals surface area contributed by atoms with E-state index in [9.17, 15) is 13.6 Å². The van der Waals surface area contributed by atoms with Gasteiger partial charge in [0, 0.05) is 19.3 Å². The Morgan fingerprint density at radius 3 is 2.68 bits per heavy atom. The second-order valence-electron chi connectivity index (χ2n) is 4.29. The largest absolute Gasteiger partial charge is 0.481 e. The molecule has 2 aromatic rings. The molecule has 2 N–H and O–H groups in total. The van der Waals surface area contributed by atoms with Crippen LogP contribution in [0.1, 0.15) is 11.6 Å². The summed E-state index contributed by atoms with van der Waals surface area (Å²) in [5.74, 6) is -2.05. The predicted molar refractivity (Wildman–Crippen MR) is 75.4 cm³/mol. The number of methoxy groups -OCH3 is 1. The highest BCUT2D eigenvalue weighted by Gasteiger charge is 2.22. The summed E-state index contributed by atoms with van der Waals surface area (Å²) >= 11 is 0. The van der Waals surface area contributed by atoms with Gasteiger partial charge in [0.15, 0.2) is 11.6 Å². The zero-order chi connectivity index (χ0) is 16.1. The average Bonchev–Trinajstić information content (AvgIpc) is 2.54. The lowest BCUT2D eigenvalue weighted by Crippen LogP contribution is -2.31. The maximum Gasteiger partial charge on any atom is 0.246 e. The predicted octanol–water partition coefficient (Wildman–Crippen LogP) is 1.66.